The van der Waals surface area contributed by atoms with E-state index in [2.05, 4.69) is 5.32 Å². The Morgan fingerprint density at radius 3 is 2.14 bits per heavy atom. The number of carbonyl (C=O) groups excluding carboxylic acids is 1. The third-order valence-electron chi connectivity index (χ3n) is 3.18. The highest BCUT2D eigenvalue weighted by Gasteiger charge is 2.31. The van der Waals surface area contributed by atoms with Crippen LogP contribution in [0.15, 0.2) is 47.0 Å². The lowest BCUT2D eigenvalue weighted by molar-refractivity contribution is -0.150. The van der Waals surface area contributed by atoms with Crippen LogP contribution in [0.3, 0.4) is 0 Å². The van der Waals surface area contributed by atoms with E-state index >= 15 is 0 Å². The molecule has 0 fully saturated rings. The van der Waals surface area contributed by atoms with Crippen LogP contribution in [0.2, 0.25) is 10.0 Å². The minimum absolute atomic E-state index is 0.0557. The molecule has 0 radical (unpaired) electrons. The zero-order chi connectivity index (χ0) is 21.6. The highest BCUT2D eigenvalue weighted by molar-refractivity contribution is 6.55. The van der Waals surface area contributed by atoms with Crippen LogP contribution >= 0.6 is 46.4 Å². The van der Waals surface area contributed by atoms with Crippen molar-refractivity contribution in [2.24, 2.45) is 0 Å². The van der Waals surface area contributed by atoms with Gasteiger partial charge in [0.05, 0.1) is 10.0 Å². The predicted octanol–water partition coefficient (Wildman–Crippen LogP) is 7.37. The normalized spacial score (nSPS) is 11.0. The molecule has 0 aliphatic rings. The molecule has 0 bridgehead atoms. The van der Waals surface area contributed by atoms with Crippen LogP contribution in [0.25, 0.3) is 0 Å². The molecule has 0 atom stereocenters. The number of hydrogen-bond acceptors (Lipinski definition) is 3. The van der Waals surface area contributed by atoms with Gasteiger partial charge in [0, 0.05) is 17.8 Å². The molecule has 156 valence electrons. The number of hydrogen-bond donors (Lipinski definition) is 1. The molecule has 2 rings (SSSR count). The summed E-state index contributed by atoms with van der Waals surface area (Å²) >= 11 is 23.3. The van der Waals surface area contributed by atoms with Crippen LogP contribution in [0.5, 0.6) is 17.2 Å². The van der Waals surface area contributed by atoms with Gasteiger partial charge in [0.15, 0.2) is 5.75 Å². The maximum absolute atomic E-state index is 12.2. The van der Waals surface area contributed by atoms with Crippen molar-refractivity contribution in [1.82, 2.24) is 0 Å². The van der Waals surface area contributed by atoms with E-state index in [1.807, 2.05) is 0 Å². The first-order valence-electron chi connectivity index (χ1n) is 7.81. The molecule has 1 N–H and O–H groups in total. The standard InChI is InChI=1S/C18H12Cl4F3NO3/c19-13-7-12(28-6-5-15(21)22)8-14(20)17(13)29-11-3-1-10(2-4-11)26-16(27)9-18(23,24)25/h1-5,7-8H,6,9H2,(H,26,27). The van der Waals surface area contributed by atoms with Crippen molar-refractivity contribution in [3.8, 4) is 17.2 Å². The lowest BCUT2D eigenvalue weighted by Gasteiger charge is -2.13. The van der Waals surface area contributed by atoms with Crippen molar-refractivity contribution >= 4 is 58.0 Å². The topological polar surface area (TPSA) is 47.6 Å². The molecule has 0 aliphatic heterocycles. The van der Waals surface area contributed by atoms with Gasteiger partial charge in [-0.05, 0) is 30.3 Å². The molecule has 0 aromatic heterocycles. The molecule has 4 nitrogen and oxygen atoms in total. The van der Waals surface area contributed by atoms with Gasteiger partial charge in [0.2, 0.25) is 5.91 Å². The molecule has 0 aliphatic carbocycles. The van der Waals surface area contributed by atoms with Gasteiger partial charge in [-0.1, -0.05) is 46.4 Å². The van der Waals surface area contributed by atoms with Crippen LogP contribution < -0.4 is 14.8 Å². The largest absolute Gasteiger partial charge is 0.489 e. The zero-order valence-corrected chi connectivity index (χ0v) is 17.3. The number of carbonyl (C=O) groups is 1. The Morgan fingerprint density at radius 2 is 1.62 bits per heavy atom. The SMILES string of the molecule is O=C(CC(F)(F)F)Nc1ccc(Oc2c(Cl)cc(OCC=C(Cl)Cl)cc2Cl)cc1. The van der Waals surface area contributed by atoms with Gasteiger partial charge in [0.1, 0.15) is 29.0 Å². The second kappa shape index (κ2) is 10.3. The Morgan fingerprint density at radius 1 is 1.03 bits per heavy atom. The number of rotatable bonds is 7. The molecule has 11 heteroatoms. The van der Waals surface area contributed by atoms with Crippen molar-refractivity contribution in [3.63, 3.8) is 0 Å². The maximum atomic E-state index is 12.2. The fourth-order valence-electron chi connectivity index (χ4n) is 2.03. The first-order chi connectivity index (χ1) is 13.5. The van der Waals surface area contributed by atoms with E-state index in [9.17, 15) is 18.0 Å². The molecule has 0 heterocycles. The predicted molar refractivity (Wildman–Crippen MR) is 108 cm³/mol. The number of alkyl halides is 3. The highest BCUT2D eigenvalue weighted by atomic mass is 35.5. The quantitative estimate of drug-likeness (QED) is 0.442. The van der Waals surface area contributed by atoms with E-state index in [1.54, 1.807) is 0 Å². The lowest BCUT2D eigenvalue weighted by atomic mass is 10.2. The maximum Gasteiger partial charge on any atom is 0.397 e. The number of ether oxygens (including phenoxy) is 2. The summed E-state index contributed by atoms with van der Waals surface area (Å²) in [5, 5.41) is 2.47. The number of halogens is 7. The summed E-state index contributed by atoms with van der Waals surface area (Å²) in [5.41, 5.74) is 0.179. The monoisotopic (exact) mass is 487 g/mol. The van der Waals surface area contributed by atoms with Crippen molar-refractivity contribution in [1.29, 1.82) is 0 Å². The molecule has 0 saturated carbocycles. The smallest absolute Gasteiger partial charge is 0.397 e. The van der Waals surface area contributed by atoms with Crippen molar-refractivity contribution < 1.29 is 27.4 Å². The molecule has 0 spiro atoms. The van der Waals surface area contributed by atoms with Gasteiger partial charge in [-0.2, -0.15) is 13.2 Å². The second-order valence-electron chi connectivity index (χ2n) is 5.49. The number of anilines is 1. The van der Waals surface area contributed by atoms with Crippen molar-refractivity contribution in [2.45, 2.75) is 12.6 Å². The fraction of sp³-hybridized carbons (Fsp3) is 0.167. The van der Waals surface area contributed by atoms with Crippen LogP contribution in [0.4, 0.5) is 18.9 Å². The fourth-order valence-corrected chi connectivity index (χ4v) is 2.70. The van der Waals surface area contributed by atoms with Gasteiger partial charge < -0.3 is 14.8 Å². The van der Waals surface area contributed by atoms with Crippen molar-refractivity contribution in [2.75, 3.05) is 11.9 Å². The number of nitrogens with one attached hydrogen (secondary N) is 1. The Balaban J connectivity index is 2.04. The lowest BCUT2D eigenvalue weighted by Crippen LogP contribution is -2.21. The van der Waals surface area contributed by atoms with E-state index in [0.717, 1.165) is 0 Å². The summed E-state index contributed by atoms with van der Waals surface area (Å²) < 4.78 is 47.6. The van der Waals surface area contributed by atoms with Gasteiger partial charge in [0.25, 0.3) is 0 Å². The van der Waals surface area contributed by atoms with Gasteiger partial charge in [-0.3, -0.25) is 4.79 Å². The first kappa shape index (κ1) is 23.5. The van der Waals surface area contributed by atoms with E-state index in [0.29, 0.717) is 11.5 Å². The minimum Gasteiger partial charge on any atom is -0.489 e. The third-order valence-corrected chi connectivity index (χ3v) is 4.05. The zero-order valence-electron chi connectivity index (χ0n) is 14.3. The Hall–Kier alpha value is -1.80. The average Bonchev–Trinajstić information content (AvgIpc) is 2.57. The average molecular weight is 489 g/mol. The number of benzene rings is 2. The molecule has 0 unspecified atom stereocenters. The molecule has 1 amide bonds. The van der Waals surface area contributed by atoms with Gasteiger partial charge in [-0.15, -0.1) is 0 Å². The van der Waals surface area contributed by atoms with E-state index in [4.69, 9.17) is 55.9 Å². The minimum atomic E-state index is -4.58. The molecule has 2 aromatic carbocycles. The van der Waals surface area contributed by atoms with Crippen molar-refractivity contribution in [3.05, 3.63) is 57.0 Å². The van der Waals surface area contributed by atoms with Crippen LogP contribution in [0.1, 0.15) is 6.42 Å². The molecular weight excluding hydrogens is 477 g/mol. The van der Waals surface area contributed by atoms with E-state index in [1.165, 1.54) is 42.5 Å². The highest BCUT2D eigenvalue weighted by Crippen LogP contribution is 2.39. The summed E-state index contributed by atoms with van der Waals surface area (Å²) in [6, 6.07) is 8.59. The summed E-state index contributed by atoms with van der Waals surface area (Å²) in [5.74, 6) is -0.354. The van der Waals surface area contributed by atoms with Gasteiger partial charge >= 0.3 is 6.18 Å². The molecular formula is C18H12Cl4F3NO3. The van der Waals surface area contributed by atoms with E-state index < -0.39 is 18.5 Å². The summed E-state index contributed by atoms with van der Waals surface area (Å²) in [6.45, 7) is 0.108. The summed E-state index contributed by atoms with van der Waals surface area (Å²) in [4.78, 5) is 11.3. The molecule has 2 aromatic rings. The Labute approximate surface area is 184 Å². The summed E-state index contributed by atoms with van der Waals surface area (Å²) in [7, 11) is 0. The Kier molecular flexibility index (Phi) is 8.34. The molecule has 0 saturated heterocycles. The van der Waals surface area contributed by atoms with Crippen LogP contribution in [-0.2, 0) is 4.79 Å². The number of amides is 1. The van der Waals surface area contributed by atoms with Crippen LogP contribution in [-0.4, -0.2) is 18.7 Å². The first-order valence-corrected chi connectivity index (χ1v) is 9.32. The summed E-state index contributed by atoms with van der Waals surface area (Å²) in [6.07, 6.45) is -4.72. The van der Waals surface area contributed by atoms with Crippen LogP contribution in [0, 0.1) is 0 Å². The third kappa shape index (κ3) is 8.22. The Bertz CT molecular complexity index is 875. The van der Waals surface area contributed by atoms with E-state index in [-0.39, 0.29) is 32.6 Å². The van der Waals surface area contributed by atoms with Gasteiger partial charge in [-0.25, -0.2) is 0 Å². The molecule has 29 heavy (non-hydrogen) atoms. The second-order valence-corrected chi connectivity index (χ2v) is 7.31.